The topological polar surface area (TPSA) is 64.0 Å². The summed E-state index contributed by atoms with van der Waals surface area (Å²) in [6.45, 7) is 7.88. The molecule has 5 nitrogen and oxygen atoms in total. The molecular formula is C21H22FN3O2. The van der Waals surface area contributed by atoms with Gasteiger partial charge in [0.1, 0.15) is 12.4 Å². The van der Waals surface area contributed by atoms with Crippen LogP contribution in [0, 0.1) is 26.6 Å². The first-order valence-electron chi connectivity index (χ1n) is 8.78. The molecule has 1 unspecified atom stereocenters. The van der Waals surface area contributed by atoms with Crippen molar-refractivity contribution < 1.29 is 9.18 Å². The zero-order valence-corrected chi connectivity index (χ0v) is 15.8. The van der Waals surface area contributed by atoms with Crippen molar-refractivity contribution in [3.8, 4) is 0 Å². The van der Waals surface area contributed by atoms with Crippen molar-refractivity contribution >= 4 is 16.8 Å². The molecule has 0 aliphatic carbocycles. The normalized spacial score (nSPS) is 12.2. The lowest BCUT2D eigenvalue weighted by Gasteiger charge is -2.19. The average Bonchev–Trinajstić information content (AvgIpc) is 2.60. The zero-order valence-electron chi connectivity index (χ0n) is 15.8. The molecule has 0 radical (unpaired) electrons. The average molecular weight is 367 g/mol. The van der Waals surface area contributed by atoms with Crippen LogP contribution in [0.2, 0.25) is 0 Å². The SMILES string of the molecule is Cc1cc(C)c(C(C)NC(=O)Cn2cnc3cc(F)ccc3c2=O)cc1C. The minimum atomic E-state index is -0.456. The maximum Gasteiger partial charge on any atom is 0.261 e. The highest BCUT2D eigenvalue weighted by Gasteiger charge is 2.14. The number of carbonyl (C=O) groups is 1. The summed E-state index contributed by atoms with van der Waals surface area (Å²) in [5, 5.41) is 3.21. The summed E-state index contributed by atoms with van der Waals surface area (Å²) in [6, 6.07) is 7.79. The summed E-state index contributed by atoms with van der Waals surface area (Å²) in [7, 11) is 0. The Morgan fingerprint density at radius 2 is 1.85 bits per heavy atom. The summed E-state index contributed by atoms with van der Waals surface area (Å²) in [5.41, 5.74) is 4.43. The molecule has 27 heavy (non-hydrogen) atoms. The number of fused-ring (bicyclic) bond motifs is 1. The van der Waals surface area contributed by atoms with Crippen molar-refractivity contribution in [2.24, 2.45) is 0 Å². The van der Waals surface area contributed by atoms with Crippen LogP contribution in [0.4, 0.5) is 4.39 Å². The molecule has 3 aromatic rings. The van der Waals surface area contributed by atoms with E-state index in [1.807, 2.05) is 20.8 Å². The van der Waals surface area contributed by atoms with Crippen molar-refractivity contribution in [3.05, 3.63) is 75.1 Å². The number of amides is 1. The number of nitrogens with one attached hydrogen (secondary N) is 1. The number of aromatic nitrogens is 2. The second-order valence-electron chi connectivity index (χ2n) is 6.92. The van der Waals surface area contributed by atoms with Crippen molar-refractivity contribution in [2.45, 2.75) is 40.3 Å². The molecule has 0 saturated carbocycles. The summed E-state index contributed by atoms with van der Waals surface area (Å²) in [6.07, 6.45) is 1.27. The van der Waals surface area contributed by atoms with Crippen molar-refractivity contribution in [1.29, 1.82) is 0 Å². The molecule has 1 atom stereocenters. The second-order valence-corrected chi connectivity index (χ2v) is 6.92. The van der Waals surface area contributed by atoms with Crippen LogP contribution in [0.5, 0.6) is 0 Å². The lowest BCUT2D eigenvalue weighted by molar-refractivity contribution is -0.122. The van der Waals surface area contributed by atoms with E-state index in [2.05, 4.69) is 29.4 Å². The Balaban J connectivity index is 1.79. The summed E-state index contributed by atoms with van der Waals surface area (Å²) >= 11 is 0. The fraction of sp³-hybridized carbons (Fsp3) is 0.286. The third-order valence-corrected chi connectivity index (χ3v) is 4.83. The van der Waals surface area contributed by atoms with Crippen molar-refractivity contribution in [3.63, 3.8) is 0 Å². The number of hydrogen-bond donors (Lipinski definition) is 1. The molecule has 1 aromatic heterocycles. The number of halogens is 1. The lowest BCUT2D eigenvalue weighted by atomic mass is 9.96. The molecule has 6 heteroatoms. The van der Waals surface area contributed by atoms with Crippen LogP contribution in [-0.2, 0) is 11.3 Å². The van der Waals surface area contributed by atoms with E-state index in [1.165, 1.54) is 40.2 Å². The third kappa shape index (κ3) is 3.89. The van der Waals surface area contributed by atoms with Gasteiger partial charge in [0.05, 0.1) is 23.3 Å². The van der Waals surface area contributed by atoms with Crippen molar-refractivity contribution in [2.75, 3.05) is 0 Å². The Kier molecular flexibility index (Phi) is 5.08. The smallest absolute Gasteiger partial charge is 0.261 e. The van der Waals surface area contributed by atoms with Crippen LogP contribution < -0.4 is 10.9 Å². The molecule has 1 N–H and O–H groups in total. The quantitative estimate of drug-likeness (QED) is 0.769. The summed E-state index contributed by atoms with van der Waals surface area (Å²) in [4.78, 5) is 29.0. The van der Waals surface area contributed by atoms with Gasteiger partial charge in [0, 0.05) is 6.07 Å². The van der Waals surface area contributed by atoms with Gasteiger partial charge < -0.3 is 5.32 Å². The van der Waals surface area contributed by atoms with Gasteiger partial charge in [-0.1, -0.05) is 12.1 Å². The number of aryl methyl sites for hydroxylation is 3. The minimum Gasteiger partial charge on any atom is -0.348 e. The van der Waals surface area contributed by atoms with Crippen LogP contribution in [0.25, 0.3) is 10.9 Å². The standard InChI is InChI=1S/C21H22FN3O2/c1-12-7-14(3)18(8-13(12)2)15(4)24-20(26)10-25-11-23-19-9-16(22)5-6-17(19)21(25)27/h5-9,11,15H,10H2,1-4H3,(H,24,26). The fourth-order valence-corrected chi connectivity index (χ4v) is 3.21. The molecule has 1 amide bonds. The van der Waals surface area contributed by atoms with Crippen LogP contribution in [0.15, 0.2) is 41.5 Å². The van der Waals surface area contributed by atoms with Gasteiger partial charge in [0.2, 0.25) is 5.91 Å². The van der Waals surface area contributed by atoms with Crippen LogP contribution in [-0.4, -0.2) is 15.5 Å². The van der Waals surface area contributed by atoms with E-state index in [9.17, 15) is 14.0 Å². The van der Waals surface area contributed by atoms with Gasteiger partial charge in [-0.3, -0.25) is 14.2 Å². The molecule has 0 aliphatic rings. The Bertz CT molecular complexity index is 1090. The largest absolute Gasteiger partial charge is 0.348 e. The fourth-order valence-electron chi connectivity index (χ4n) is 3.21. The van der Waals surface area contributed by atoms with E-state index < -0.39 is 5.82 Å². The predicted octanol–water partition coefficient (Wildman–Crippen LogP) is 3.34. The summed E-state index contributed by atoms with van der Waals surface area (Å²) in [5.74, 6) is -0.743. The Hall–Kier alpha value is -3.02. The molecule has 1 heterocycles. The summed E-state index contributed by atoms with van der Waals surface area (Å²) < 4.78 is 14.5. The number of rotatable bonds is 4. The molecule has 2 aromatic carbocycles. The molecule has 0 bridgehead atoms. The predicted molar refractivity (Wildman–Crippen MR) is 103 cm³/mol. The van der Waals surface area contributed by atoms with Gasteiger partial charge in [-0.2, -0.15) is 0 Å². The van der Waals surface area contributed by atoms with Crippen molar-refractivity contribution in [1.82, 2.24) is 14.9 Å². The molecule has 0 spiro atoms. The Labute approximate surface area is 156 Å². The number of carbonyl (C=O) groups excluding carboxylic acids is 1. The zero-order chi connectivity index (χ0) is 19.7. The van der Waals surface area contributed by atoms with Gasteiger partial charge in [0.15, 0.2) is 0 Å². The van der Waals surface area contributed by atoms with E-state index in [0.717, 1.165) is 11.1 Å². The van der Waals surface area contributed by atoms with Gasteiger partial charge in [0.25, 0.3) is 5.56 Å². The van der Waals surface area contributed by atoms with Crippen LogP contribution >= 0.6 is 0 Å². The molecule has 0 fully saturated rings. The molecule has 3 rings (SSSR count). The Morgan fingerprint density at radius 1 is 1.15 bits per heavy atom. The van der Waals surface area contributed by atoms with E-state index >= 15 is 0 Å². The van der Waals surface area contributed by atoms with Gasteiger partial charge in [-0.05, 0) is 62.1 Å². The number of nitrogens with zero attached hydrogens (tertiary/aromatic N) is 2. The highest BCUT2D eigenvalue weighted by Crippen LogP contribution is 2.21. The van der Waals surface area contributed by atoms with Gasteiger partial charge >= 0.3 is 0 Å². The first-order chi connectivity index (χ1) is 12.8. The monoisotopic (exact) mass is 367 g/mol. The molecule has 0 aliphatic heterocycles. The number of benzene rings is 2. The highest BCUT2D eigenvalue weighted by molar-refractivity contribution is 5.79. The van der Waals surface area contributed by atoms with E-state index in [0.29, 0.717) is 0 Å². The highest BCUT2D eigenvalue weighted by atomic mass is 19.1. The maximum atomic E-state index is 13.3. The van der Waals surface area contributed by atoms with Crippen LogP contribution in [0.3, 0.4) is 0 Å². The minimum absolute atomic E-state index is 0.145. The Morgan fingerprint density at radius 3 is 2.59 bits per heavy atom. The second kappa shape index (κ2) is 7.31. The lowest BCUT2D eigenvalue weighted by Crippen LogP contribution is -2.34. The molecule has 140 valence electrons. The van der Waals surface area contributed by atoms with Crippen LogP contribution in [0.1, 0.15) is 35.2 Å². The third-order valence-electron chi connectivity index (χ3n) is 4.83. The maximum absolute atomic E-state index is 13.3. The van der Waals surface area contributed by atoms with E-state index in [1.54, 1.807) is 0 Å². The van der Waals surface area contributed by atoms with E-state index in [4.69, 9.17) is 0 Å². The number of hydrogen-bond acceptors (Lipinski definition) is 3. The first-order valence-corrected chi connectivity index (χ1v) is 8.78. The van der Waals surface area contributed by atoms with Gasteiger partial charge in [-0.25, -0.2) is 9.37 Å². The van der Waals surface area contributed by atoms with Gasteiger partial charge in [-0.15, -0.1) is 0 Å². The first kappa shape index (κ1) is 18.8. The molecular weight excluding hydrogens is 345 g/mol. The molecule has 0 saturated heterocycles. The van der Waals surface area contributed by atoms with E-state index in [-0.39, 0.29) is 35.0 Å².